The van der Waals surface area contributed by atoms with Crippen molar-refractivity contribution in [2.75, 3.05) is 33.2 Å². The number of H-pyrrole nitrogens is 1. The number of aromatic amines is 1. The van der Waals surface area contributed by atoms with Crippen molar-refractivity contribution in [3.63, 3.8) is 0 Å². The molecule has 79 heavy (non-hydrogen) atoms. The summed E-state index contributed by atoms with van der Waals surface area (Å²) >= 11 is 0. The van der Waals surface area contributed by atoms with Crippen LogP contribution in [0.25, 0.3) is 22.3 Å². The number of nitrogens with zero attached hydrogens (tertiary/aromatic N) is 4. The lowest BCUT2D eigenvalue weighted by atomic mass is 9.49. The Morgan fingerprint density at radius 2 is 1.24 bits per heavy atom. The molecule has 2 saturated heterocycles. The number of ketones is 2. The van der Waals surface area contributed by atoms with Gasteiger partial charge in [0.05, 0.1) is 27.9 Å². The van der Waals surface area contributed by atoms with Gasteiger partial charge in [-0.1, -0.05) is 54.6 Å². The number of amides is 2. The average Bonchev–Trinajstić information content (AvgIpc) is 2.77. The number of rotatable bonds is 12. The zero-order chi connectivity index (χ0) is 55.2. The molecule has 9 N–H and O–H groups in total. The van der Waals surface area contributed by atoms with Gasteiger partial charge in [0.1, 0.15) is 23.1 Å². The van der Waals surface area contributed by atoms with Crippen LogP contribution in [-0.2, 0) is 52.6 Å². The van der Waals surface area contributed by atoms with Crippen molar-refractivity contribution in [2.45, 2.75) is 118 Å². The van der Waals surface area contributed by atoms with Gasteiger partial charge in [0.15, 0.2) is 0 Å². The fourth-order valence-corrected chi connectivity index (χ4v) is 14.9. The molecule has 6 aliphatic rings. The predicted molar refractivity (Wildman–Crippen MR) is 290 cm³/mol. The Balaban J connectivity index is 0.774. The van der Waals surface area contributed by atoms with Gasteiger partial charge in [0.25, 0.3) is 11.8 Å². The van der Waals surface area contributed by atoms with Crippen LogP contribution in [0.2, 0.25) is 0 Å². The standard InChI is InChI=1S/C61H63N7O11/c1-67-24-20-58-29-41(69)14-18-60(58,78)47(67)27-37-7-11-44(52(72)50(37)58)55(75)63-23-17-35-4-10-43(39-9-13-49(71)64-31-39)40(26-35)33-68-25-21-59-30-42(70)15-19-61(59,79)48(68)28-38-8-12-45(53(73)51(38)59)54(74)62-22-16-34-2-5-36(6-3-34)46-32-65-57(77)66-56(46)76/h2-13,26,31-32,47-48,72-73,78-79H,14-25,27-30,33H2,1H3,(H,62,74)(H,63,75)(H,64,71)(H2,65,66,76,77)/t47-,48-,58-,59-,60-,61-/m1/s1. The number of pyridine rings is 1. The lowest BCUT2D eigenvalue weighted by Gasteiger charge is -2.63. The number of aromatic hydroxyl groups is 4. The van der Waals surface area contributed by atoms with E-state index in [9.17, 15) is 54.6 Å². The average molecular weight is 1070 g/mol. The maximum absolute atomic E-state index is 14.0. The summed E-state index contributed by atoms with van der Waals surface area (Å²) in [5.74, 6) is -1.72. The van der Waals surface area contributed by atoms with E-state index in [4.69, 9.17) is 0 Å². The molecule has 2 aromatic heterocycles. The summed E-state index contributed by atoms with van der Waals surface area (Å²) in [6.45, 7) is 1.93. The van der Waals surface area contributed by atoms with E-state index in [0.717, 1.165) is 38.9 Å². The first kappa shape index (κ1) is 52.0. The summed E-state index contributed by atoms with van der Waals surface area (Å²) in [6.07, 6.45) is 6.55. The summed E-state index contributed by atoms with van der Waals surface area (Å²) in [7, 11) is 1.99. The number of hydrogen-bond donors (Lipinski definition) is 9. The highest BCUT2D eigenvalue weighted by molar-refractivity contribution is 5.99. The monoisotopic (exact) mass is 1070 g/mol. The minimum atomic E-state index is -1.45. The molecule has 4 heterocycles. The summed E-state index contributed by atoms with van der Waals surface area (Å²) in [5, 5.41) is 75.2. The second-order valence-corrected chi connectivity index (χ2v) is 22.9. The third kappa shape index (κ3) is 8.49. The van der Waals surface area contributed by atoms with Crippen molar-refractivity contribution in [3.8, 4) is 45.6 Å². The number of carbonyl (C=O) groups is 4. The van der Waals surface area contributed by atoms with Gasteiger partial charge in [-0.25, -0.2) is 4.98 Å². The summed E-state index contributed by atoms with van der Waals surface area (Å²) < 4.78 is 0. The number of nitrogens with one attached hydrogen (secondary N) is 3. The smallest absolute Gasteiger partial charge is 0.317 e. The van der Waals surface area contributed by atoms with Crippen molar-refractivity contribution in [3.05, 3.63) is 152 Å². The molecule has 2 aliphatic heterocycles. The fourth-order valence-electron chi connectivity index (χ4n) is 14.9. The number of aliphatic hydroxyl groups is 2. The fraction of sp³-hybridized carbons (Fsp3) is 0.393. The molecule has 4 bridgehead atoms. The number of phenolic OH excluding ortho intramolecular Hbond substituents is 2. The highest BCUT2D eigenvalue weighted by Crippen LogP contribution is 2.61. The molecule has 0 radical (unpaired) electrons. The molecule has 4 aromatic carbocycles. The van der Waals surface area contributed by atoms with Gasteiger partial charge >= 0.3 is 6.01 Å². The number of fused-ring (bicyclic) bond motifs is 2. The lowest BCUT2D eigenvalue weighted by molar-refractivity contribution is -0.174. The van der Waals surface area contributed by atoms with E-state index in [1.165, 1.54) is 12.3 Å². The molecule has 6 aromatic rings. The van der Waals surface area contributed by atoms with Crippen LogP contribution in [0.3, 0.4) is 0 Å². The van der Waals surface area contributed by atoms with Crippen molar-refractivity contribution in [1.29, 1.82) is 0 Å². The van der Waals surface area contributed by atoms with E-state index in [2.05, 4.69) is 41.5 Å². The molecule has 18 nitrogen and oxygen atoms in total. The van der Waals surface area contributed by atoms with Gasteiger partial charge in [0.2, 0.25) is 11.4 Å². The number of Topliss-reactive ketones (excluding diaryl/α,β-unsaturated/α-hetero) is 2. The van der Waals surface area contributed by atoms with Crippen molar-refractivity contribution < 1.29 is 49.8 Å². The van der Waals surface area contributed by atoms with E-state index in [0.29, 0.717) is 86.8 Å². The molecule has 6 atom stereocenters. The van der Waals surface area contributed by atoms with Crippen LogP contribution in [0.4, 0.5) is 0 Å². The Hall–Kier alpha value is -7.77. The van der Waals surface area contributed by atoms with Crippen LogP contribution in [0, 0.1) is 0 Å². The minimum Gasteiger partial charge on any atom is -0.507 e. The van der Waals surface area contributed by atoms with Crippen LogP contribution < -0.4 is 16.2 Å². The molecular formula is C61H63N7O11. The number of hydrogen-bond acceptors (Lipinski definition) is 15. The third-order valence-electron chi connectivity index (χ3n) is 18.9. The molecule has 18 heteroatoms. The molecule has 4 aliphatic carbocycles. The molecule has 0 unspecified atom stereocenters. The number of likely N-dealkylation sites (tertiary alicyclic amines) is 2. The van der Waals surface area contributed by atoms with Crippen LogP contribution in [0.1, 0.15) is 111 Å². The van der Waals surface area contributed by atoms with Gasteiger partial charge in [0, 0.05) is 97.8 Å². The van der Waals surface area contributed by atoms with Gasteiger partial charge in [-0.2, -0.15) is 4.98 Å². The summed E-state index contributed by atoms with van der Waals surface area (Å²) in [5.41, 5.74) is 2.97. The highest BCUT2D eigenvalue weighted by atomic mass is 16.3. The Morgan fingerprint density at radius 3 is 1.85 bits per heavy atom. The van der Waals surface area contributed by atoms with E-state index >= 15 is 0 Å². The van der Waals surface area contributed by atoms with E-state index in [1.807, 2.05) is 43.4 Å². The number of benzene rings is 4. The first-order valence-electron chi connectivity index (χ1n) is 27.3. The van der Waals surface area contributed by atoms with Gasteiger partial charge in [-0.15, -0.1) is 0 Å². The maximum Gasteiger partial charge on any atom is 0.317 e. The van der Waals surface area contributed by atoms with E-state index in [1.54, 1.807) is 36.5 Å². The SMILES string of the molecule is CN1CC[C@]23CC(=O)CC[C@@]2(O)[C@H]1Cc1ccc(C(=O)NCCc2ccc(-c4ccc(=O)[nH]c4)c(CN4CC[C@]56CC(=O)CC[C@@]5(O)[C@H]4Cc4ccc(C(=O)NCCc5ccc(-c7cnc(O)nc7O)cc5)c(O)c46)c2)c(O)c13. The number of likely N-dealkylation sites (N-methyl/N-ethyl adjacent to an activating group) is 1. The Labute approximate surface area is 455 Å². The van der Waals surface area contributed by atoms with Crippen molar-refractivity contribution in [1.82, 2.24) is 35.4 Å². The van der Waals surface area contributed by atoms with Crippen molar-refractivity contribution in [2.24, 2.45) is 0 Å². The molecule has 0 spiro atoms. The molecule has 408 valence electrons. The van der Waals surface area contributed by atoms with Gasteiger partial charge in [-0.3, -0.25) is 28.9 Å². The second kappa shape index (κ2) is 19.5. The first-order chi connectivity index (χ1) is 37.9. The Morgan fingerprint density at radius 1 is 0.671 bits per heavy atom. The molecule has 12 rings (SSSR count). The molecular weight excluding hydrogens is 1010 g/mol. The Kier molecular flexibility index (Phi) is 12.9. The van der Waals surface area contributed by atoms with Crippen LogP contribution >= 0.6 is 0 Å². The zero-order valence-corrected chi connectivity index (χ0v) is 43.8. The molecule has 2 amide bonds. The minimum absolute atomic E-state index is 0.0113. The van der Waals surface area contributed by atoms with E-state index < -0.39 is 45.9 Å². The topological polar surface area (TPSA) is 279 Å². The largest absolute Gasteiger partial charge is 0.507 e. The lowest BCUT2D eigenvalue weighted by Crippen LogP contribution is -2.73. The third-order valence-corrected chi connectivity index (χ3v) is 18.9. The summed E-state index contributed by atoms with van der Waals surface area (Å²) in [6, 6.07) is 22.2. The molecule has 2 saturated carbocycles. The number of phenols is 2. The second-order valence-electron chi connectivity index (χ2n) is 22.9. The number of carbonyl (C=O) groups excluding carboxylic acids is 4. The van der Waals surface area contributed by atoms with Crippen LogP contribution in [0.5, 0.6) is 23.4 Å². The molecule has 4 fully saturated rings. The number of aromatic nitrogens is 3. The van der Waals surface area contributed by atoms with Crippen molar-refractivity contribution >= 4 is 23.4 Å². The van der Waals surface area contributed by atoms with Gasteiger partial charge < -0.3 is 51.2 Å². The van der Waals surface area contributed by atoms with E-state index in [-0.39, 0.29) is 96.9 Å². The van der Waals surface area contributed by atoms with Gasteiger partial charge in [-0.05, 0) is 134 Å². The number of piperidine rings is 2. The Bertz CT molecular complexity index is 3550. The zero-order valence-electron chi connectivity index (χ0n) is 43.8. The first-order valence-corrected chi connectivity index (χ1v) is 27.3. The predicted octanol–water partition coefficient (Wildman–Crippen LogP) is 4.80. The maximum atomic E-state index is 14.0. The summed E-state index contributed by atoms with van der Waals surface area (Å²) in [4.78, 5) is 81.2. The van der Waals surface area contributed by atoms with Crippen LogP contribution in [-0.4, -0.2) is 135 Å². The normalized spacial score (nSPS) is 26.1. The quantitative estimate of drug-likeness (QED) is 0.0796. The highest BCUT2D eigenvalue weighted by Gasteiger charge is 2.67. The van der Waals surface area contributed by atoms with Crippen LogP contribution in [0.15, 0.2) is 96.1 Å².